The Bertz CT molecular complexity index is 1390. The number of fused-ring (bicyclic) bond motifs is 2. The van der Waals surface area contributed by atoms with E-state index in [0.29, 0.717) is 23.9 Å². The number of nitrogens with zero attached hydrogens (tertiary/aromatic N) is 5. The number of pyridine rings is 1. The molecule has 182 valence electrons. The van der Waals surface area contributed by atoms with Gasteiger partial charge in [-0.15, -0.1) is 0 Å². The van der Waals surface area contributed by atoms with Gasteiger partial charge in [-0.2, -0.15) is 10.4 Å². The van der Waals surface area contributed by atoms with Crippen LogP contribution in [0.5, 0.6) is 0 Å². The minimum absolute atomic E-state index is 0.318. The van der Waals surface area contributed by atoms with E-state index in [2.05, 4.69) is 58.1 Å². The van der Waals surface area contributed by atoms with Gasteiger partial charge in [0.05, 0.1) is 17.4 Å². The van der Waals surface area contributed by atoms with E-state index in [-0.39, 0.29) is 0 Å². The largest absolute Gasteiger partial charge is 0.386 e. The van der Waals surface area contributed by atoms with Crippen molar-refractivity contribution in [2.24, 2.45) is 0 Å². The highest BCUT2D eigenvalue weighted by molar-refractivity contribution is 5.92. The summed E-state index contributed by atoms with van der Waals surface area (Å²) >= 11 is 0. The summed E-state index contributed by atoms with van der Waals surface area (Å²) in [6, 6.07) is 11.2. The predicted molar refractivity (Wildman–Crippen MR) is 138 cm³/mol. The van der Waals surface area contributed by atoms with Crippen molar-refractivity contribution in [2.45, 2.75) is 64.4 Å². The number of piperidine rings is 1. The topological polar surface area (TPSA) is 93.2 Å². The zero-order valence-electron chi connectivity index (χ0n) is 21.0. The predicted octanol–water partition coefficient (Wildman–Crippen LogP) is 5.32. The van der Waals surface area contributed by atoms with Gasteiger partial charge in [-0.1, -0.05) is 19.9 Å². The van der Waals surface area contributed by atoms with Crippen molar-refractivity contribution in [3.05, 3.63) is 53.5 Å². The lowest BCUT2D eigenvalue weighted by molar-refractivity contribution is 0.0796. The molecule has 0 amide bonds. The Hall–Kier alpha value is -3.21. The van der Waals surface area contributed by atoms with Crippen LogP contribution < -0.4 is 0 Å². The number of nitrogens with one attached hydrogen (secondary N) is 1. The molecule has 0 aliphatic carbocycles. The Morgan fingerprint density at radius 2 is 2.00 bits per heavy atom. The third-order valence-electron chi connectivity index (χ3n) is 7.36. The Balaban J connectivity index is 1.55. The molecule has 35 heavy (non-hydrogen) atoms. The number of aliphatic hydroxyl groups is 1. The van der Waals surface area contributed by atoms with Crippen LogP contribution in [0.15, 0.2) is 36.8 Å². The molecule has 1 aromatic carbocycles. The fraction of sp³-hybridized carbons (Fsp3) is 0.464. The molecule has 5 rings (SSSR count). The lowest BCUT2D eigenvalue weighted by Crippen LogP contribution is -2.33. The summed E-state index contributed by atoms with van der Waals surface area (Å²) in [4.78, 5) is 10.5. The zero-order valence-corrected chi connectivity index (χ0v) is 21.0. The average Bonchev–Trinajstić information content (AvgIpc) is 3.45. The molecule has 0 spiro atoms. The minimum atomic E-state index is -1.04. The summed E-state index contributed by atoms with van der Waals surface area (Å²) in [5.74, 6) is 0.864. The molecule has 0 bridgehead atoms. The maximum absolute atomic E-state index is 10.8. The fourth-order valence-electron chi connectivity index (χ4n) is 5.52. The average molecular weight is 471 g/mol. The van der Waals surface area contributed by atoms with E-state index in [1.54, 1.807) is 18.4 Å². The first-order valence-electron chi connectivity index (χ1n) is 12.6. The van der Waals surface area contributed by atoms with Gasteiger partial charge in [-0.3, -0.25) is 0 Å². The monoisotopic (exact) mass is 470 g/mol. The quantitative estimate of drug-likeness (QED) is 0.398. The van der Waals surface area contributed by atoms with E-state index in [1.165, 1.54) is 22.8 Å². The van der Waals surface area contributed by atoms with Crippen LogP contribution >= 0.6 is 0 Å². The van der Waals surface area contributed by atoms with Gasteiger partial charge >= 0.3 is 0 Å². The standard InChI is InChI=1S/C28H34N6O/c1-18(2)25-22-14-20(19-8-12-33(13-9-19)11-5-10-29)6-7-24(22)32-26(25)21-15-23(28(3,4)35)27-30-17-31-34(27)16-21/h6-7,14-19,32,35H,5,8-9,11-13H2,1-4H3. The van der Waals surface area contributed by atoms with Crippen molar-refractivity contribution in [1.82, 2.24) is 24.5 Å². The maximum Gasteiger partial charge on any atom is 0.161 e. The molecule has 1 aliphatic rings. The second-order valence-corrected chi connectivity index (χ2v) is 10.6. The molecule has 4 aromatic rings. The van der Waals surface area contributed by atoms with E-state index < -0.39 is 5.60 Å². The number of hydrogen-bond acceptors (Lipinski definition) is 5. The summed E-state index contributed by atoms with van der Waals surface area (Å²) in [7, 11) is 0. The number of nitriles is 1. The van der Waals surface area contributed by atoms with Gasteiger partial charge in [0, 0.05) is 41.2 Å². The molecule has 1 saturated heterocycles. The van der Waals surface area contributed by atoms with Crippen LogP contribution in [0.25, 0.3) is 27.8 Å². The number of hydrogen-bond donors (Lipinski definition) is 2. The molecule has 0 radical (unpaired) electrons. The van der Waals surface area contributed by atoms with Crippen LogP contribution in [0, 0.1) is 11.3 Å². The van der Waals surface area contributed by atoms with E-state index in [4.69, 9.17) is 5.26 Å². The molecule has 2 N–H and O–H groups in total. The number of aromatic amines is 1. The van der Waals surface area contributed by atoms with E-state index in [0.717, 1.165) is 54.8 Å². The lowest BCUT2D eigenvalue weighted by Gasteiger charge is -2.31. The molecule has 7 heteroatoms. The van der Waals surface area contributed by atoms with E-state index in [9.17, 15) is 5.11 Å². The Morgan fingerprint density at radius 1 is 1.23 bits per heavy atom. The summed E-state index contributed by atoms with van der Waals surface area (Å²) in [5.41, 5.74) is 6.26. The first kappa shape index (κ1) is 23.5. The van der Waals surface area contributed by atoms with E-state index in [1.807, 2.05) is 12.3 Å². The molecule has 7 nitrogen and oxygen atoms in total. The van der Waals surface area contributed by atoms with Crippen molar-refractivity contribution >= 4 is 16.6 Å². The molecule has 3 aromatic heterocycles. The molecule has 4 heterocycles. The van der Waals surface area contributed by atoms with Gasteiger partial charge in [-0.25, -0.2) is 9.50 Å². The number of rotatable bonds is 6. The Labute approximate surface area is 206 Å². The van der Waals surface area contributed by atoms with Crippen LogP contribution in [-0.2, 0) is 5.60 Å². The lowest BCUT2D eigenvalue weighted by atomic mass is 9.87. The third-order valence-corrected chi connectivity index (χ3v) is 7.36. The summed E-state index contributed by atoms with van der Waals surface area (Å²) in [6.07, 6.45) is 6.38. The SMILES string of the molecule is CC(C)c1c(-c2cc(C(C)(C)O)c3ncnn3c2)[nH]c2ccc(C3CCN(CCC#N)CC3)cc12. The van der Waals surface area contributed by atoms with Crippen molar-refractivity contribution in [3.8, 4) is 17.3 Å². The van der Waals surface area contributed by atoms with Crippen LogP contribution in [0.3, 0.4) is 0 Å². The molecule has 0 atom stereocenters. The summed E-state index contributed by atoms with van der Waals surface area (Å²) in [5, 5.41) is 25.3. The highest BCUT2D eigenvalue weighted by atomic mass is 16.3. The summed E-state index contributed by atoms with van der Waals surface area (Å²) < 4.78 is 1.75. The van der Waals surface area contributed by atoms with Crippen LogP contribution in [-0.4, -0.2) is 49.2 Å². The normalized spacial score (nSPS) is 15.9. The van der Waals surface area contributed by atoms with Crippen LogP contribution in [0.4, 0.5) is 0 Å². The van der Waals surface area contributed by atoms with Crippen molar-refractivity contribution in [1.29, 1.82) is 5.26 Å². The Morgan fingerprint density at radius 3 is 2.69 bits per heavy atom. The first-order valence-corrected chi connectivity index (χ1v) is 12.6. The molecule has 0 unspecified atom stereocenters. The number of benzene rings is 1. The third kappa shape index (κ3) is 4.44. The highest BCUT2D eigenvalue weighted by Crippen LogP contribution is 2.39. The first-order chi connectivity index (χ1) is 16.8. The molecule has 1 fully saturated rings. The number of H-pyrrole nitrogens is 1. The van der Waals surface area contributed by atoms with Gasteiger partial charge in [0.25, 0.3) is 0 Å². The number of aromatic nitrogens is 4. The second kappa shape index (κ2) is 9.10. The van der Waals surface area contributed by atoms with Crippen LogP contribution in [0.1, 0.15) is 75.5 Å². The van der Waals surface area contributed by atoms with Crippen molar-refractivity contribution < 1.29 is 5.11 Å². The van der Waals surface area contributed by atoms with Gasteiger partial charge in [0.1, 0.15) is 6.33 Å². The highest BCUT2D eigenvalue weighted by Gasteiger charge is 2.25. The van der Waals surface area contributed by atoms with Crippen molar-refractivity contribution in [2.75, 3.05) is 19.6 Å². The number of likely N-dealkylation sites (tertiary alicyclic amines) is 1. The van der Waals surface area contributed by atoms with E-state index >= 15 is 0 Å². The zero-order chi connectivity index (χ0) is 24.7. The molecule has 1 aliphatic heterocycles. The van der Waals surface area contributed by atoms with Gasteiger partial charge in [-0.05, 0) is 80.9 Å². The smallest absolute Gasteiger partial charge is 0.161 e. The summed E-state index contributed by atoms with van der Waals surface area (Å²) in [6.45, 7) is 11.0. The fourth-order valence-corrected chi connectivity index (χ4v) is 5.52. The van der Waals surface area contributed by atoms with Gasteiger partial charge in [0.2, 0.25) is 0 Å². The second-order valence-electron chi connectivity index (χ2n) is 10.6. The molecular weight excluding hydrogens is 436 g/mol. The minimum Gasteiger partial charge on any atom is -0.386 e. The maximum atomic E-state index is 10.8. The van der Waals surface area contributed by atoms with Crippen molar-refractivity contribution in [3.63, 3.8) is 0 Å². The molecule has 0 saturated carbocycles. The Kier molecular flexibility index (Phi) is 6.12. The van der Waals surface area contributed by atoms with Crippen LogP contribution in [0.2, 0.25) is 0 Å². The van der Waals surface area contributed by atoms with Gasteiger partial charge in [0.15, 0.2) is 5.65 Å². The molecular formula is C28H34N6O. The van der Waals surface area contributed by atoms with Gasteiger partial charge < -0.3 is 15.0 Å².